The predicted molar refractivity (Wildman–Crippen MR) is 203 cm³/mol. The molecule has 0 amide bonds. The number of benzene rings is 1. The number of allylic oxidation sites excluding steroid dienone is 2. The van der Waals surface area contributed by atoms with Crippen molar-refractivity contribution in [1.29, 1.82) is 0 Å². The molecule has 1 aliphatic carbocycles. The molecule has 1 radical (unpaired) electrons. The van der Waals surface area contributed by atoms with Gasteiger partial charge in [-0.15, -0.1) is 0 Å². The molecule has 52 heavy (non-hydrogen) atoms. The maximum Gasteiger partial charge on any atom is 0.338 e. The molecule has 0 spiro atoms. The summed E-state index contributed by atoms with van der Waals surface area (Å²) in [7, 11) is -0.977. The van der Waals surface area contributed by atoms with Crippen molar-refractivity contribution in [2.24, 2.45) is 17.3 Å². The molecule has 3 aliphatic heterocycles. The summed E-state index contributed by atoms with van der Waals surface area (Å²) in [4.78, 5) is 13.0. The quantitative estimate of drug-likeness (QED) is 0.0633. The number of carbonyl (C=O) groups is 1. The van der Waals surface area contributed by atoms with E-state index in [1.807, 2.05) is 18.2 Å². The lowest BCUT2D eigenvalue weighted by Gasteiger charge is -2.42. The van der Waals surface area contributed by atoms with Crippen molar-refractivity contribution in [1.82, 2.24) is 0 Å². The van der Waals surface area contributed by atoms with Gasteiger partial charge in [-0.1, -0.05) is 51.1 Å². The highest BCUT2D eigenvalue weighted by atomic mass is 28.3. The second-order valence-electron chi connectivity index (χ2n) is 16.4. The van der Waals surface area contributed by atoms with Gasteiger partial charge < -0.3 is 37.6 Å². The molecule has 3 saturated heterocycles. The molecule has 0 bridgehead atoms. The highest BCUT2D eigenvalue weighted by Gasteiger charge is 2.52. The lowest BCUT2D eigenvalue weighted by atomic mass is 9.75. The molecule has 10 heteroatoms. The van der Waals surface area contributed by atoms with E-state index in [0.717, 1.165) is 96.7 Å². The van der Waals surface area contributed by atoms with Crippen LogP contribution in [-0.4, -0.2) is 84.7 Å². The standard InChI is InChI=1S/C42H67O9Si/c1-42(2,3)40(51-52(4)5)39-33(34(49-37-24-14-17-27-45-37)29-35(39)50-38-25-15-18-28-46-38)22-12-7-6-11-21-32(30-47-36-23-13-16-26-44-36)48-41(43)31-19-9-8-10-20-31/h7-10,12,19-20,32-40H,6,11,13-18,21-30H2,1-5H3/b12-7-/t32?,33-,34-,35+,36?,37?,38?,39-,40?/m0/s1. The monoisotopic (exact) mass is 743 g/mol. The third-order valence-electron chi connectivity index (χ3n) is 10.7. The zero-order valence-corrected chi connectivity index (χ0v) is 33.6. The minimum atomic E-state index is -0.977. The molecule has 293 valence electrons. The summed E-state index contributed by atoms with van der Waals surface area (Å²) in [6, 6.07) is 9.19. The van der Waals surface area contributed by atoms with Crippen LogP contribution in [0.25, 0.3) is 0 Å². The first-order valence-corrected chi connectivity index (χ1v) is 22.7. The summed E-state index contributed by atoms with van der Waals surface area (Å²) < 4.78 is 50.7. The number of hydrogen-bond acceptors (Lipinski definition) is 9. The molecule has 5 rings (SSSR count). The van der Waals surface area contributed by atoms with E-state index >= 15 is 0 Å². The van der Waals surface area contributed by atoms with E-state index in [4.69, 9.17) is 37.6 Å². The Balaban J connectivity index is 1.25. The molecule has 4 fully saturated rings. The predicted octanol–water partition coefficient (Wildman–Crippen LogP) is 9.01. The van der Waals surface area contributed by atoms with Crippen LogP contribution in [0.3, 0.4) is 0 Å². The first-order valence-electron chi connectivity index (χ1n) is 20.3. The number of rotatable bonds is 18. The SMILES string of the molecule is C[Si](C)OC([C@H]1[C@@H](C/C=C\CCCC(COC2CCCCO2)OC(=O)c2ccccc2)[C@@H](OC2CCCCO2)C[C@H]1OC1CCCCO1)C(C)(C)C. The molecule has 1 saturated carbocycles. The molecule has 9 atom stereocenters. The first-order chi connectivity index (χ1) is 25.2. The Morgan fingerprint density at radius 2 is 1.46 bits per heavy atom. The molecule has 0 aromatic heterocycles. The van der Waals surface area contributed by atoms with Crippen LogP contribution in [0.2, 0.25) is 13.1 Å². The minimum absolute atomic E-state index is 0.00473. The van der Waals surface area contributed by atoms with Crippen LogP contribution in [0.5, 0.6) is 0 Å². The van der Waals surface area contributed by atoms with Crippen molar-refractivity contribution < 1.29 is 42.4 Å². The summed E-state index contributed by atoms with van der Waals surface area (Å²) >= 11 is 0. The Kier molecular flexibility index (Phi) is 17.1. The van der Waals surface area contributed by atoms with Crippen molar-refractivity contribution in [2.75, 3.05) is 26.4 Å². The van der Waals surface area contributed by atoms with Gasteiger partial charge in [-0.25, -0.2) is 4.79 Å². The molecule has 5 unspecified atom stereocenters. The van der Waals surface area contributed by atoms with Gasteiger partial charge in [0, 0.05) is 32.2 Å². The number of carbonyl (C=O) groups excluding carboxylic acids is 1. The minimum Gasteiger partial charge on any atom is -0.456 e. The van der Waals surface area contributed by atoms with E-state index in [9.17, 15) is 4.79 Å². The number of hydrogen-bond donors (Lipinski definition) is 0. The van der Waals surface area contributed by atoms with Crippen molar-refractivity contribution in [3.05, 3.63) is 48.0 Å². The molecule has 4 aliphatic rings. The third-order valence-corrected chi connectivity index (χ3v) is 11.4. The molecular weight excluding hydrogens is 677 g/mol. The van der Waals surface area contributed by atoms with Crippen molar-refractivity contribution in [3.8, 4) is 0 Å². The topological polar surface area (TPSA) is 90.9 Å². The smallest absolute Gasteiger partial charge is 0.338 e. The van der Waals surface area contributed by atoms with E-state index < -0.39 is 9.04 Å². The van der Waals surface area contributed by atoms with Crippen molar-refractivity contribution >= 4 is 15.0 Å². The average molecular weight is 744 g/mol. The summed E-state index contributed by atoms with van der Waals surface area (Å²) in [5.41, 5.74) is 0.480. The van der Waals surface area contributed by atoms with Gasteiger partial charge in [0.2, 0.25) is 9.04 Å². The summed E-state index contributed by atoms with van der Waals surface area (Å²) in [5.74, 6) is 0.0539. The van der Waals surface area contributed by atoms with Crippen LogP contribution in [0.4, 0.5) is 0 Å². The molecule has 9 nitrogen and oxygen atoms in total. The Morgan fingerprint density at radius 1 is 0.846 bits per heavy atom. The summed E-state index contributed by atoms with van der Waals surface area (Å²) in [6.45, 7) is 13.9. The van der Waals surface area contributed by atoms with E-state index in [1.165, 1.54) is 0 Å². The van der Waals surface area contributed by atoms with Crippen LogP contribution in [0.15, 0.2) is 42.5 Å². The van der Waals surface area contributed by atoms with E-state index in [2.05, 4.69) is 46.0 Å². The zero-order chi connectivity index (χ0) is 36.8. The van der Waals surface area contributed by atoms with Crippen LogP contribution in [0, 0.1) is 17.3 Å². The molecule has 3 heterocycles. The first kappa shape index (κ1) is 41.5. The molecule has 1 aromatic carbocycles. The Hall–Kier alpha value is -1.63. The Morgan fingerprint density at radius 3 is 2.04 bits per heavy atom. The van der Waals surface area contributed by atoms with Gasteiger partial charge >= 0.3 is 5.97 Å². The molecule has 1 aromatic rings. The average Bonchev–Trinajstić information content (AvgIpc) is 3.46. The van der Waals surface area contributed by atoms with Gasteiger partial charge in [0.15, 0.2) is 18.9 Å². The Bertz CT molecular complexity index is 1170. The van der Waals surface area contributed by atoms with Crippen LogP contribution >= 0.6 is 0 Å². The highest BCUT2D eigenvalue weighted by Crippen LogP contribution is 2.47. The van der Waals surface area contributed by atoms with Gasteiger partial charge in [0.25, 0.3) is 0 Å². The van der Waals surface area contributed by atoms with E-state index in [0.29, 0.717) is 25.2 Å². The van der Waals surface area contributed by atoms with Crippen molar-refractivity contribution in [3.63, 3.8) is 0 Å². The third kappa shape index (κ3) is 13.3. The van der Waals surface area contributed by atoms with E-state index in [1.54, 1.807) is 12.1 Å². The van der Waals surface area contributed by atoms with Gasteiger partial charge in [-0.3, -0.25) is 0 Å². The normalized spacial score (nSPS) is 30.1. The number of unbranched alkanes of at least 4 members (excludes halogenated alkanes) is 1. The largest absolute Gasteiger partial charge is 0.456 e. The van der Waals surface area contributed by atoms with Gasteiger partial charge in [-0.05, 0) is 120 Å². The number of ether oxygens (including phenoxy) is 7. The van der Waals surface area contributed by atoms with Crippen LogP contribution < -0.4 is 0 Å². The van der Waals surface area contributed by atoms with Gasteiger partial charge in [-0.2, -0.15) is 0 Å². The lowest BCUT2D eigenvalue weighted by Crippen LogP contribution is -2.47. The highest BCUT2D eigenvalue weighted by molar-refractivity contribution is 6.48. The summed E-state index contributed by atoms with van der Waals surface area (Å²) in [5, 5.41) is 0. The summed E-state index contributed by atoms with van der Waals surface area (Å²) in [6.07, 6.45) is 17.2. The maximum atomic E-state index is 13.0. The zero-order valence-electron chi connectivity index (χ0n) is 32.6. The fraction of sp³-hybridized carbons (Fsp3) is 0.786. The van der Waals surface area contributed by atoms with Gasteiger partial charge in [0.05, 0.1) is 30.5 Å². The van der Waals surface area contributed by atoms with Gasteiger partial charge in [0.1, 0.15) is 6.10 Å². The van der Waals surface area contributed by atoms with E-state index in [-0.39, 0.29) is 66.5 Å². The molecular formula is C42H67O9Si. The Labute approximate surface area is 315 Å². The van der Waals surface area contributed by atoms with Crippen molar-refractivity contribution in [2.45, 2.75) is 167 Å². The number of esters is 1. The van der Waals surface area contributed by atoms with Crippen LogP contribution in [-0.2, 0) is 37.6 Å². The fourth-order valence-corrected chi connectivity index (χ4v) is 9.11. The fourth-order valence-electron chi connectivity index (χ4n) is 8.09. The second-order valence-corrected chi connectivity index (χ2v) is 18.4. The van der Waals surface area contributed by atoms with Crippen LogP contribution in [0.1, 0.15) is 121 Å². The molecule has 0 N–H and O–H groups in total. The second kappa shape index (κ2) is 21.5. The lowest BCUT2D eigenvalue weighted by molar-refractivity contribution is -0.207. The maximum absolute atomic E-state index is 13.0.